The molecule has 0 aliphatic carbocycles. The number of benzene rings is 3. The second-order valence-corrected chi connectivity index (χ2v) is 21.1. The maximum absolute atomic E-state index is 6.10. The van der Waals surface area contributed by atoms with Crippen molar-refractivity contribution < 1.29 is 23.5 Å². The van der Waals surface area contributed by atoms with Crippen LogP contribution >= 0.6 is 43.5 Å². The fraction of sp³-hybridized carbons (Fsp3) is 0.647. The van der Waals surface area contributed by atoms with Gasteiger partial charge in [-0.3, -0.25) is 9.80 Å². The van der Waals surface area contributed by atoms with Crippen LogP contribution in [-0.4, -0.2) is 103 Å². The van der Waals surface area contributed by atoms with E-state index in [0.29, 0.717) is 36.7 Å². The largest absolute Gasteiger partial charge is 0.494 e. The van der Waals surface area contributed by atoms with E-state index in [1.54, 1.807) is 0 Å². The van der Waals surface area contributed by atoms with Gasteiger partial charge >= 0.3 is 7.12 Å². The highest BCUT2D eigenvalue weighted by Crippen LogP contribution is 2.36. The number of rotatable bonds is 12. The Kier molecular flexibility index (Phi) is 23.1. The molecule has 8 nitrogen and oxygen atoms in total. The average molecular weight is 1020 g/mol. The first kappa shape index (κ1) is 53.8. The third kappa shape index (κ3) is 18.4. The number of nitrogens with one attached hydrogen (secondary N) is 1. The first-order chi connectivity index (χ1) is 30.0. The summed E-state index contributed by atoms with van der Waals surface area (Å²) in [5, 5.41) is 3.48. The number of ether oxygens (including phenoxy) is 3. The fourth-order valence-electron chi connectivity index (χ4n) is 8.67. The molecule has 3 aromatic carbocycles. The highest BCUT2D eigenvalue weighted by atomic mass is 79.9. The average Bonchev–Trinajstić information content (AvgIpc) is 3.47. The van der Waals surface area contributed by atoms with E-state index in [1.807, 2.05) is 72.8 Å². The Morgan fingerprint density at radius 1 is 0.556 bits per heavy atom. The molecule has 0 aromatic heterocycles. The van der Waals surface area contributed by atoms with Crippen molar-refractivity contribution in [2.75, 3.05) is 38.8 Å². The van der Waals surface area contributed by atoms with Gasteiger partial charge in [0.2, 0.25) is 0 Å². The predicted molar refractivity (Wildman–Crippen MR) is 273 cm³/mol. The number of likely N-dealkylation sites (tertiary alicyclic amines) is 2. The van der Waals surface area contributed by atoms with E-state index >= 15 is 0 Å². The van der Waals surface area contributed by atoms with Crippen molar-refractivity contribution in [3.05, 3.63) is 81.7 Å². The van der Waals surface area contributed by atoms with Crippen LogP contribution in [0.4, 0.5) is 0 Å². The Bertz CT molecular complexity index is 1660. The summed E-state index contributed by atoms with van der Waals surface area (Å²) < 4.78 is 31.4. The standard InChI is InChI=1S/C21H34BNO3.C15H22BrNO.C8H8BrClO.C7H15N/c1-16-8-7-9-17(2)23(16)14-15-24-19-12-10-18(11-13-19)22-25-20(3,4)21(5,6)26-22;1-12-4-3-5-13(2)17(12)10-11-18-15-8-6-14(16)7-9-15;9-7-1-3-8(4-2-7)11-6-5-10;1-6-4-3-5-7(2)8-6/h10-13,16-17H,7-9,14-15H2,1-6H3;6-9,12-13H,3-5,10-11H2,1-2H3;1-4H,5-6H2;6-8H,3-5H2,1-2H3/t16-,17+;12-,13+;;6-,7+. The van der Waals surface area contributed by atoms with Crippen molar-refractivity contribution in [1.82, 2.24) is 15.1 Å². The molecule has 0 radical (unpaired) electrons. The number of piperidine rings is 3. The van der Waals surface area contributed by atoms with Crippen molar-refractivity contribution in [3.63, 3.8) is 0 Å². The predicted octanol–water partition coefficient (Wildman–Crippen LogP) is 12.3. The summed E-state index contributed by atoms with van der Waals surface area (Å²) >= 11 is 12.2. The van der Waals surface area contributed by atoms with Crippen LogP contribution in [0.5, 0.6) is 17.2 Å². The first-order valence-electron chi connectivity index (χ1n) is 23.7. The lowest BCUT2D eigenvalue weighted by Crippen LogP contribution is -2.45. The summed E-state index contributed by atoms with van der Waals surface area (Å²) in [6, 6.07) is 28.1. The van der Waals surface area contributed by atoms with Gasteiger partial charge in [-0.1, -0.05) is 63.3 Å². The number of hydrogen-bond acceptors (Lipinski definition) is 8. The van der Waals surface area contributed by atoms with E-state index < -0.39 is 0 Å². The molecule has 4 saturated heterocycles. The summed E-state index contributed by atoms with van der Waals surface area (Å²) in [7, 11) is -0.316. The molecule has 0 spiro atoms. The van der Waals surface area contributed by atoms with Gasteiger partial charge in [-0.25, -0.2) is 0 Å². The molecule has 4 fully saturated rings. The quantitative estimate of drug-likeness (QED) is 0.142. The molecule has 7 rings (SSSR count). The molecule has 0 unspecified atom stereocenters. The molecule has 4 aliphatic rings. The third-order valence-corrected chi connectivity index (χ3v) is 14.4. The molecule has 12 heteroatoms. The van der Waals surface area contributed by atoms with Gasteiger partial charge in [0.15, 0.2) is 0 Å². The molecule has 352 valence electrons. The van der Waals surface area contributed by atoms with Gasteiger partial charge < -0.3 is 28.8 Å². The molecule has 0 amide bonds. The molecule has 4 aliphatic heterocycles. The van der Waals surface area contributed by atoms with Gasteiger partial charge in [0, 0.05) is 58.3 Å². The van der Waals surface area contributed by atoms with Crippen LogP contribution in [0.3, 0.4) is 0 Å². The summed E-state index contributed by atoms with van der Waals surface area (Å²) in [6.45, 7) is 26.2. The van der Waals surface area contributed by atoms with Crippen LogP contribution in [0.25, 0.3) is 0 Å². The van der Waals surface area contributed by atoms with Gasteiger partial charge in [0.05, 0.1) is 17.1 Å². The van der Waals surface area contributed by atoms with Crippen molar-refractivity contribution in [3.8, 4) is 17.2 Å². The molecule has 63 heavy (non-hydrogen) atoms. The summed E-state index contributed by atoms with van der Waals surface area (Å²) in [5.41, 5.74) is 0.415. The minimum atomic E-state index is -0.316. The van der Waals surface area contributed by atoms with Crippen molar-refractivity contribution in [2.45, 2.75) is 174 Å². The van der Waals surface area contributed by atoms with E-state index in [0.717, 1.165) is 70.0 Å². The highest BCUT2D eigenvalue weighted by Gasteiger charge is 2.51. The monoisotopic (exact) mass is 1020 g/mol. The lowest BCUT2D eigenvalue weighted by Gasteiger charge is -2.38. The normalized spacial score (nSPS) is 25.6. The maximum Gasteiger partial charge on any atom is 0.494 e. The molecule has 4 heterocycles. The first-order valence-corrected chi connectivity index (χ1v) is 25.8. The Morgan fingerprint density at radius 3 is 1.22 bits per heavy atom. The summed E-state index contributed by atoms with van der Waals surface area (Å²) in [6.07, 6.45) is 12.1. The van der Waals surface area contributed by atoms with E-state index in [4.69, 9.17) is 35.1 Å². The van der Waals surface area contributed by atoms with Crippen molar-refractivity contribution in [1.29, 1.82) is 0 Å². The Labute approximate surface area is 404 Å². The second kappa shape index (κ2) is 27.1. The van der Waals surface area contributed by atoms with E-state index in [-0.39, 0.29) is 18.3 Å². The van der Waals surface area contributed by atoms with Gasteiger partial charge in [-0.15, -0.1) is 11.6 Å². The van der Waals surface area contributed by atoms with Crippen LogP contribution in [0, 0.1) is 0 Å². The zero-order chi connectivity index (χ0) is 46.0. The van der Waals surface area contributed by atoms with Crippen LogP contribution in [0.2, 0.25) is 0 Å². The molecule has 0 saturated carbocycles. The van der Waals surface area contributed by atoms with Gasteiger partial charge in [0.25, 0.3) is 0 Å². The van der Waals surface area contributed by atoms with E-state index in [1.165, 1.54) is 57.8 Å². The minimum absolute atomic E-state index is 0.311. The second-order valence-electron chi connectivity index (χ2n) is 18.9. The Balaban J connectivity index is 0.000000203. The van der Waals surface area contributed by atoms with E-state index in [9.17, 15) is 0 Å². The third-order valence-electron chi connectivity index (χ3n) is 13.2. The van der Waals surface area contributed by atoms with Crippen LogP contribution < -0.4 is 25.0 Å². The molecule has 6 atom stereocenters. The van der Waals surface area contributed by atoms with Crippen LogP contribution in [0.15, 0.2) is 81.7 Å². The lowest BCUT2D eigenvalue weighted by atomic mass is 9.79. The lowest BCUT2D eigenvalue weighted by molar-refractivity contribution is 0.00578. The van der Waals surface area contributed by atoms with Crippen molar-refractivity contribution >= 4 is 56.0 Å². The van der Waals surface area contributed by atoms with Gasteiger partial charge in [-0.05, 0) is 174 Å². The van der Waals surface area contributed by atoms with Gasteiger partial charge in [0.1, 0.15) is 37.1 Å². The number of hydrogen-bond donors (Lipinski definition) is 1. The summed E-state index contributed by atoms with van der Waals surface area (Å²) in [5.74, 6) is 3.24. The molecular formula is C51H79BBr2ClN3O5. The number of halogens is 3. The zero-order valence-corrected chi connectivity index (χ0v) is 44.1. The zero-order valence-electron chi connectivity index (χ0n) is 40.1. The Hall–Kier alpha value is -1.83. The molecule has 3 aromatic rings. The van der Waals surface area contributed by atoms with Crippen LogP contribution in [0.1, 0.15) is 127 Å². The molecular weight excluding hydrogens is 941 g/mol. The number of alkyl halides is 1. The Morgan fingerprint density at radius 2 is 0.889 bits per heavy atom. The highest BCUT2D eigenvalue weighted by molar-refractivity contribution is 9.10. The van der Waals surface area contributed by atoms with Gasteiger partial charge in [-0.2, -0.15) is 0 Å². The number of nitrogens with zero attached hydrogens (tertiary/aromatic N) is 2. The topological polar surface area (TPSA) is 64.7 Å². The van der Waals surface area contributed by atoms with E-state index in [2.05, 4.69) is 116 Å². The van der Waals surface area contributed by atoms with Crippen molar-refractivity contribution in [2.24, 2.45) is 0 Å². The fourth-order valence-corrected chi connectivity index (χ4v) is 9.28. The minimum Gasteiger partial charge on any atom is -0.492 e. The summed E-state index contributed by atoms with van der Waals surface area (Å²) in [4.78, 5) is 5.14. The smallest absolute Gasteiger partial charge is 0.492 e. The SMILES string of the molecule is C[C@@H]1CCC[C@H](C)N1.C[C@@H]1CCC[C@H](C)N1CCOc1ccc(B2OC(C)(C)C(C)(C)O2)cc1.C[C@@H]1CCC[C@H](C)N1CCOc1ccc(Br)cc1.ClCCOc1ccc(Br)cc1. The maximum atomic E-state index is 6.10. The molecule has 0 bridgehead atoms. The molecule has 1 N–H and O–H groups in total. The van der Waals surface area contributed by atoms with Crippen LogP contribution in [-0.2, 0) is 9.31 Å².